The molecule has 4 aromatic rings. The van der Waals surface area contributed by atoms with Crippen LogP contribution in [0.3, 0.4) is 0 Å². The fraction of sp³-hybridized carbons (Fsp3) is 0.366. The van der Waals surface area contributed by atoms with Gasteiger partial charge in [-0.05, 0) is 82.3 Å². The lowest BCUT2D eigenvalue weighted by atomic mass is 9.73. The van der Waals surface area contributed by atoms with Crippen LogP contribution < -0.4 is 9.47 Å². The van der Waals surface area contributed by atoms with Crippen LogP contribution in [0.5, 0.6) is 23.0 Å². The summed E-state index contributed by atoms with van der Waals surface area (Å²) in [6.45, 7) is 17.0. The number of rotatable bonds is 9. The second-order valence-corrected chi connectivity index (χ2v) is 14.4. The zero-order valence-electron chi connectivity index (χ0n) is 29.1. The molecule has 250 valence electrons. The molecule has 0 aliphatic rings. The van der Waals surface area contributed by atoms with Crippen LogP contribution in [0.2, 0.25) is 0 Å². The molecule has 0 aliphatic carbocycles. The summed E-state index contributed by atoms with van der Waals surface area (Å²) < 4.78 is 10.3. The van der Waals surface area contributed by atoms with Gasteiger partial charge in [0.15, 0.2) is 0 Å². The third-order valence-corrected chi connectivity index (χ3v) is 8.01. The molecule has 0 spiro atoms. The van der Waals surface area contributed by atoms with E-state index in [1.165, 1.54) is 0 Å². The number of aromatic hydroxyl groups is 2. The number of para-hydroxylation sites is 2. The maximum atomic E-state index is 11.6. The van der Waals surface area contributed by atoms with Crippen molar-refractivity contribution < 1.29 is 29.3 Å². The van der Waals surface area contributed by atoms with Crippen molar-refractivity contribution in [1.82, 2.24) is 0 Å². The highest BCUT2D eigenvalue weighted by Crippen LogP contribution is 2.40. The number of hydrogen-bond acceptors (Lipinski definition) is 6. The topological polar surface area (TPSA) is 93.1 Å². The summed E-state index contributed by atoms with van der Waals surface area (Å²) in [7, 11) is 0. The third-order valence-electron chi connectivity index (χ3n) is 8.01. The van der Waals surface area contributed by atoms with Crippen molar-refractivity contribution in [3.63, 3.8) is 0 Å². The fourth-order valence-corrected chi connectivity index (χ4v) is 5.10. The largest absolute Gasteiger partial charge is 0.508 e. The number of carbonyl (C=O) groups is 2. The first-order valence-electron chi connectivity index (χ1n) is 16.2. The molecule has 0 unspecified atom stereocenters. The average molecular weight is 639 g/mol. The molecule has 0 bridgehead atoms. The van der Waals surface area contributed by atoms with Crippen LogP contribution in [0.4, 0.5) is 0 Å². The van der Waals surface area contributed by atoms with Gasteiger partial charge in [-0.1, -0.05) is 116 Å². The molecular weight excluding hydrogens is 588 g/mol. The maximum Gasteiger partial charge on any atom is 0.311 e. The Morgan fingerprint density at radius 3 is 1.19 bits per heavy atom. The summed E-state index contributed by atoms with van der Waals surface area (Å²) in [6.07, 6.45) is 1.76. The predicted octanol–water partition coefficient (Wildman–Crippen LogP) is 9.78. The number of carbonyl (C=O) groups excluding carboxylic acids is 2. The molecule has 0 atom stereocenters. The lowest BCUT2D eigenvalue weighted by Crippen LogP contribution is -2.22. The average Bonchev–Trinajstić information content (AvgIpc) is 3.00. The van der Waals surface area contributed by atoms with Gasteiger partial charge in [-0.15, -0.1) is 0 Å². The number of phenolic OH excluding ortho intramolecular Hbond substituents is 2. The number of benzene rings is 4. The van der Waals surface area contributed by atoms with Gasteiger partial charge in [0, 0.05) is 18.3 Å². The molecule has 0 saturated heterocycles. The van der Waals surface area contributed by atoms with E-state index in [9.17, 15) is 19.8 Å². The number of hydrogen-bond donors (Lipinski definition) is 2. The Bertz CT molecular complexity index is 1490. The van der Waals surface area contributed by atoms with Crippen LogP contribution in [0, 0.1) is 0 Å². The van der Waals surface area contributed by atoms with Gasteiger partial charge >= 0.3 is 11.9 Å². The van der Waals surface area contributed by atoms with Crippen molar-refractivity contribution >= 4 is 11.9 Å². The van der Waals surface area contributed by atoms with Gasteiger partial charge in [-0.2, -0.15) is 0 Å². The van der Waals surface area contributed by atoms with E-state index < -0.39 is 0 Å². The molecule has 4 rings (SSSR count). The van der Waals surface area contributed by atoms with Gasteiger partial charge < -0.3 is 19.7 Å². The van der Waals surface area contributed by atoms with E-state index in [0.717, 1.165) is 22.3 Å². The van der Waals surface area contributed by atoms with Crippen molar-refractivity contribution in [2.75, 3.05) is 0 Å². The Morgan fingerprint density at radius 2 is 0.872 bits per heavy atom. The standard InChI is InChI=1S/C23H32O2.C18H18O4/c1-21(2,3)17-13-15(9-11-19(17)24)23(7,8)16-10-12-20(25)18(14-16)22(4,5)6;19-17(21-15-9-3-1-4-10-15)13-7-8-14-18(20)22-16-11-5-2-6-12-16/h9-14,24-25H,1-8H3;1-6,9-12H,7-8,13-14H2. The maximum absolute atomic E-state index is 11.6. The Kier molecular flexibility index (Phi) is 12.4. The quantitative estimate of drug-likeness (QED) is 0.108. The van der Waals surface area contributed by atoms with Gasteiger partial charge in [0.1, 0.15) is 23.0 Å². The van der Waals surface area contributed by atoms with Crippen molar-refractivity contribution in [2.24, 2.45) is 0 Å². The van der Waals surface area contributed by atoms with Crippen molar-refractivity contribution in [1.29, 1.82) is 0 Å². The van der Waals surface area contributed by atoms with Crippen molar-refractivity contribution in [3.8, 4) is 23.0 Å². The highest BCUT2D eigenvalue weighted by Gasteiger charge is 2.29. The molecule has 0 heterocycles. The monoisotopic (exact) mass is 638 g/mol. The summed E-state index contributed by atoms with van der Waals surface area (Å²) >= 11 is 0. The number of unbranched alkanes of at least 4 members (excludes halogenated alkanes) is 1. The second kappa shape index (κ2) is 15.8. The minimum Gasteiger partial charge on any atom is -0.508 e. The number of esters is 2. The lowest BCUT2D eigenvalue weighted by molar-refractivity contribution is -0.136. The summed E-state index contributed by atoms with van der Waals surface area (Å²) in [6, 6.07) is 29.7. The van der Waals surface area contributed by atoms with Gasteiger partial charge in [-0.3, -0.25) is 9.59 Å². The molecule has 0 radical (unpaired) electrons. The number of ether oxygens (including phenoxy) is 2. The SMILES string of the molecule is CC(C)(C)c1cc(C(C)(C)c2ccc(O)c(C(C)(C)C)c2)ccc1O.O=C(CCCCC(=O)Oc1ccccc1)Oc1ccccc1. The molecule has 0 amide bonds. The Morgan fingerprint density at radius 1 is 0.532 bits per heavy atom. The van der Waals surface area contributed by atoms with Gasteiger partial charge in [0.2, 0.25) is 0 Å². The zero-order chi connectivity index (χ0) is 34.8. The predicted molar refractivity (Wildman–Crippen MR) is 188 cm³/mol. The Hall–Kier alpha value is -4.58. The van der Waals surface area contributed by atoms with Gasteiger partial charge in [0.05, 0.1) is 0 Å². The molecule has 6 nitrogen and oxygen atoms in total. The van der Waals surface area contributed by atoms with Crippen LogP contribution in [0.1, 0.15) is 103 Å². The first kappa shape index (κ1) is 36.9. The summed E-state index contributed by atoms with van der Waals surface area (Å²) in [5, 5.41) is 20.5. The fourth-order valence-electron chi connectivity index (χ4n) is 5.10. The van der Waals surface area contributed by atoms with Crippen molar-refractivity contribution in [2.45, 2.75) is 97.3 Å². The van der Waals surface area contributed by atoms with Crippen LogP contribution in [0.25, 0.3) is 0 Å². The molecule has 47 heavy (non-hydrogen) atoms. The molecule has 0 aliphatic heterocycles. The second-order valence-electron chi connectivity index (χ2n) is 14.4. The molecule has 2 N–H and O–H groups in total. The first-order valence-corrected chi connectivity index (χ1v) is 16.2. The highest BCUT2D eigenvalue weighted by molar-refractivity contribution is 5.73. The van der Waals surface area contributed by atoms with Crippen LogP contribution in [-0.4, -0.2) is 22.2 Å². The summed E-state index contributed by atoms with van der Waals surface area (Å²) in [5.41, 5.74) is 3.73. The van der Waals surface area contributed by atoms with Crippen LogP contribution >= 0.6 is 0 Å². The van der Waals surface area contributed by atoms with E-state index in [2.05, 4.69) is 67.5 Å². The van der Waals surface area contributed by atoms with E-state index in [0.29, 0.717) is 35.8 Å². The molecule has 0 fully saturated rings. The van der Waals surface area contributed by atoms with E-state index in [-0.39, 0.29) is 41.0 Å². The van der Waals surface area contributed by atoms with Gasteiger partial charge in [-0.25, -0.2) is 0 Å². The Labute approximate surface area is 280 Å². The smallest absolute Gasteiger partial charge is 0.311 e. The molecule has 4 aromatic carbocycles. The minimum atomic E-state index is -0.289. The van der Waals surface area contributed by atoms with Crippen LogP contribution in [0.15, 0.2) is 97.1 Å². The van der Waals surface area contributed by atoms with Crippen LogP contribution in [-0.2, 0) is 25.8 Å². The minimum absolute atomic E-state index is 0.123. The lowest BCUT2D eigenvalue weighted by Gasteiger charge is -2.31. The van der Waals surface area contributed by atoms with E-state index >= 15 is 0 Å². The van der Waals surface area contributed by atoms with Gasteiger partial charge in [0.25, 0.3) is 0 Å². The molecule has 0 aromatic heterocycles. The zero-order valence-corrected chi connectivity index (χ0v) is 29.1. The van der Waals surface area contributed by atoms with Crippen molar-refractivity contribution in [3.05, 3.63) is 119 Å². The molecule has 6 heteroatoms. The molecule has 0 saturated carbocycles. The summed E-state index contributed by atoms with van der Waals surface area (Å²) in [5.74, 6) is 1.18. The highest BCUT2D eigenvalue weighted by atomic mass is 16.5. The third kappa shape index (κ3) is 11.0. The van der Waals surface area contributed by atoms with E-state index in [1.54, 1.807) is 36.4 Å². The normalized spacial score (nSPS) is 11.7. The van der Waals surface area contributed by atoms with E-state index in [1.807, 2.05) is 48.5 Å². The number of phenols is 2. The summed E-state index contributed by atoms with van der Waals surface area (Å²) in [4.78, 5) is 23.2. The first-order chi connectivity index (χ1) is 22.0. The molecular formula is C41H50O6. The van der Waals surface area contributed by atoms with E-state index in [4.69, 9.17) is 9.47 Å². The Balaban J connectivity index is 0.000000257.